The second-order valence-corrected chi connectivity index (χ2v) is 6.05. The van der Waals surface area contributed by atoms with Crippen molar-refractivity contribution in [3.05, 3.63) is 0 Å². The normalized spacial score (nSPS) is 22.6. The van der Waals surface area contributed by atoms with Crippen LogP contribution in [0, 0.1) is 5.92 Å². The van der Waals surface area contributed by atoms with Gasteiger partial charge in [-0.3, -0.25) is 0 Å². The predicted molar refractivity (Wildman–Crippen MR) is 72.2 cm³/mol. The van der Waals surface area contributed by atoms with Crippen molar-refractivity contribution in [2.45, 2.75) is 18.9 Å². The molecule has 7 heteroatoms. The van der Waals surface area contributed by atoms with E-state index in [0.29, 0.717) is 30.7 Å². The van der Waals surface area contributed by atoms with E-state index in [1.165, 1.54) is 34.4 Å². The number of hydrogen-bond acceptors (Lipinski definition) is 4. The maximum atomic E-state index is 12.1. The summed E-state index contributed by atoms with van der Waals surface area (Å²) >= 11 is 1.47. The van der Waals surface area contributed by atoms with Gasteiger partial charge in [-0.25, -0.2) is 9.59 Å². The van der Waals surface area contributed by atoms with Crippen LogP contribution in [0.3, 0.4) is 0 Å². The van der Waals surface area contributed by atoms with Crippen molar-refractivity contribution in [1.82, 2.24) is 9.80 Å². The molecule has 0 radical (unpaired) electrons. The molecule has 1 heterocycles. The summed E-state index contributed by atoms with van der Waals surface area (Å²) in [4.78, 5) is 26.1. The maximum Gasteiger partial charge on any atom is 0.327 e. The second kappa shape index (κ2) is 6.47. The van der Waals surface area contributed by atoms with Gasteiger partial charge in [0.25, 0.3) is 0 Å². The summed E-state index contributed by atoms with van der Waals surface area (Å²) in [6.07, 6.45) is 2.50. The number of amides is 2. The molecule has 0 aromatic heterocycles. The number of ether oxygens (including phenoxy) is 1. The lowest BCUT2D eigenvalue weighted by Crippen LogP contribution is -2.48. The third-order valence-corrected chi connectivity index (χ3v) is 4.37. The third kappa shape index (κ3) is 4.01. The van der Waals surface area contributed by atoms with E-state index < -0.39 is 12.0 Å². The molecule has 2 amide bonds. The predicted octanol–water partition coefficient (Wildman–Crippen LogP) is 0.924. The van der Waals surface area contributed by atoms with Gasteiger partial charge in [-0.1, -0.05) is 0 Å². The molecule has 0 spiro atoms. The first-order valence-corrected chi connectivity index (χ1v) is 7.65. The number of carboxylic acids is 1. The molecule has 0 aromatic carbocycles. The van der Waals surface area contributed by atoms with E-state index in [1.54, 1.807) is 7.05 Å². The van der Waals surface area contributed by atoms with Crippen LogP contribution in [0.25, 0.3) is 0 Å². The molecular formula is C12H20N2O4S. The van der Waals surface area contributed by atoms with Crippen LogP contribution in [0.15, 0.2) is 0 Å². The maximum absolute atomic E-state index is 12.1. The molecule has 0 aromatic rings. The van der Waals surface area contributed by atoms with Crippen LogP contribution >= 0.6 is 11.8 Å². The number of urea groups is 1. The number of aliphatic carboxylic acids is 1. The van der Waals surface area contributed by atoms with Crippen LogP contribution < -0.4 is 0 Å². The monoisotopic (exact) mass is 288 g/mol. The Morgan fingerprint density at radius 3 is 2.84 bits per heavy atom. The minimum atomic E-state index is -0.934. The molecule has 2 fully saturated rings. The number of likely N-dealkylation sites (N-methyl/N-ethyl adjacent to an activating group) is 1. The molecule has 1 aliphatic carbocycles. The van der Waals surface area contributed by atoms with Gasteiger partial charge < -0.3 is 19.6 Å². The molecule has 108 valence electrons. The Morgan fingerprint density at radius 1 is 1.47 bits per heavy atom. The van der Waals surface area contributed by atoms with E-state index in [9.17, 15) is 9.59 Å². The molecule has 19 heavy (non-hydrogen) atoms. The number of rotatable bonds is 6. The summed E-state index contributed by atoms with van der Waals surface area (Å²) in [6, 6.07) is -0.931. The summed E-state index contributed by atoms with van der Waals surface area (Å²) in [5.41, 5.74) is 0. The van der Waals surface area contributed by atoms with Gasteiger partial charge in [-0.15, -0.1) is 11.8 Å². The highest BCUT2D eigenvalue weighted by molar-refractivity contribution is 7.99. The summed E-state index contributed by atoms with van der Waals surface area (Å²) in [6.45, 7) is 1.79. The van der Waals surface area contributed by atoms with Crippen LogP contribution in [-0.2, 0) is 9.53 Å². The Bertz CT molecular complexity index is 349. The van der Waals surface area contributed by atoms with Gasteiger partial charge in [0.1, 0.15) is 6.04 Å². The molecule has 6 nitrogen and oxygen atoms in total. The lowest BCUT2D eigenvalue weighted by atomic mass is 10.3. The molecule has 1 aliphatic heterocycles. The van der Waals surface area contributed by atoms with Crippen LogP contribution in [0.4, 0.5) is 4.79 Å². The lowest BCUT2D eigenvalue weighted by Gasteiger charge is -2.26. The van der Waals surface area contributed by atoms with Gasteiger partial charge in [-0.05, 0) is 18.8 Å². The van der Waals surface area contributed by atoms with E-state index in [0.717, 1.165) is 6.61 Å². The molecule has 1 saturated carbocycles. The van der Waals surface area contributed by atoms with E-state index in [4.69, 9.17) is 9.84 Å². The standard InChI is InChI=1S/C12H20N2O4S/c1-13(4-5-18-6-9-2-3-9)12(17)14-8-19-7-10(14)11(15)16/h9-10H,2-8H2,1H3,(H,15,16)/t10-/m0/s1. The zero-order chi connectivity index (χ0) is 13.8. The zero-order valence-corrected chi connectivity index (χ0v) is 11.9. The van der Waals surface area contributed by atoms with E-state index in [2.05, 4.69) is 0 Å². The highest BCUT2D eigenvalue weighted by Gasteiger charge is 2.35. The Hall–Kier alpha value is -0.950. The molecule has 0 bridgehead atoms. The number of hydrogen-bond donors (Lipinski definition) is 1. The fourth-order valence-corrected chi connectivity index (χ4v) is 3.02. The summed E-state index contributed by atoms with van der Waals surface area (Å²) in [5.74, 6) is 0.694. The molecule has 1 atom stereocenters. The molecule has 1 N–H and O–H groups in total. The Kier molecular flexibility index (Phi) is 4.93. The van der Waals surface area contributed by atoms with Gasteiger partial charge in [0.05, 0.1) is 12.5 Å². The van der Waals surface area contributed by atoms with Gasteiger partial charge in [0, 0.05) is 26.0 Å². The average Bonchev–Trinajstić information content (AvgIpc) is 3.06. The largest absolute Gasteiger partial charge is 0.480 e. The Morgan fingerprint density at radius 2 is 2.21 bits per heavy atom. The van der Waals surface area contributed by atoms with Crippen LogP contribution in [0.2, 0.25) is 0 Å². The van der Waals surface area contributed by atoms with Gasteiger partial charge in [-0.2, -0.15) is 0 Å². The Balaban J connectivity index is 1.72. The first kappa shape index (κ1) is 14.5. The SMILES string of the molecule is CN(CCOCC1CC1)C(=O)N1CSC[C@H]1C(=O)O. The highest BCUT2D eigenvalue weighted by Crippen LogP contribution is 2.28. The van der Waals surface area contributed by atoms with Gasteiger partial charge in [0.2, 0.25) is 0 Å². The fraction of sp³-hybridized carbons (Fsp3) is 0.833. The van der Waals surface area contributed by atoms with Crippen molar-refractivity contribution >= 4 is 23.8 Å². The van der Waals surface area contributed by atoms with Crippen molar-refractivity contribution in [3.63, 3.8) is 0 Å². The molecule has 1 saturated heterocycles. The quantitative estimate of drug-likeness (QED) is 0.736. The Labute approximate surface area is 117 Å². The summed E-state index contributed by atoms with van der Waals surface area (Å²) in [7, 11) is 1.69. The van der Waals surface area contributed by atoms with Crippen molar-refractivity contribution in [2.24, 2.45) is 5.92 Å². The third-order valence-electron chi connectivity index (χ3n) is 3.36. The number of carbonyl (C=O) groups excluding carboxylic acids is 1. The minimum Gasteiger partial charge on any atom is -0.480 e. The smallest absolute Gasteiger partial charge is 0.327 e. The van der Waals surface area contributed by atoms with Crippen molar-refractivity contribution in [1.29, 1.82) is 0 Å². The van der Waals surface area contributed by atoms with E-state index in [-0.39, 0.29) is 6.03 Å². The molecule has 2 rings (SSSR count). The highest BCUT2D eigenvalue weighted by atomic mass is 32.2. The zero-order valence-electron chi connectivity index (χ0n) is 11.1. The van der Waals surface area contributed by atoms with Crippen LogP contribution in [0.1, 0.15) is 12.8 Å². The summed E-state index contributed by atoms with van der Waals surface area (Å²) in [5, 5.41) is 9.05. The van der Waals surface area contributed by atoms with Gasteiger partial charge >= 0.3 is 12.0 Å². The number of thioether (sulfide) groups is 1. The average molecular weight is 288 g/mol. The minimum absolute atomic E-state index is 0.229. The first-order valence-electron chi connectivity index (χ1n) is 6.49. The van der Waals surface area contributed by atoms with E-state index >= 15 is 0 Å². The van der Waals surface area contributed by atoms with Crippen molar-refractivity contribution in [2.75, 3.05) is 38.4 Å². The second-order valence-electron chi connectivity index (χ2n) is 5.05. The van der Waals surface area contributed by atoms with Gasteiger partial charge in [0.15, 0.2) is 0 Å². The van der Waals surface area contributed by atoms with Crippen LogP contribution in [0.5, 0.6) is 0 Å². The molecular weight excluding hydrogens is 268 g/mol. The number of carbonyl (C=O) groups is 2. The topological polar surface area (TPSA) is 70.1 Å². The molecule has 0 unspecified atom stereocenters. The summed E-state index contributed by atoms with van der Waals surface area (Å²) < 4.78 is 5.48. The van der Waals surface area contributed by atoms with Crippen LogP contribution in [-0.4, -0.2) is 71.4 Å². The van der Waals surface area contributed by atoms with Crippen molar-refractivity contribution < 1.29 is 19.4 Å². The number of carboxylic acid groups (broad SMARTS) is 1. The number of nitrogens with zero attached hydrogens (tertiary/aromatic N) is 2. The van der Waals surface area contributed by atoms with E-state index in [1.807, 2.05) is 0 Å². The fourth-order valence-electron chi connectivity index (χ4n) is 1.89. The van der Waals surface area contributed by atoms with Crippen molar-refractivity contribution in [3.8, 4) is 0 Å². The lowest BCUT2D eigenvalue weighted by molar-refractivity contribution is -0.140. The first-order chi connectivity index (χ1) is 9.09. The molecule has 2 aliphatic rings.